The van der Waals surface area contributed by atoms with E-state index in [2.05, 4.69) is 5.32 Å². The summed E-state index contributed by atoms with van der Waals surface area (Å²) in [4.78, 5) is 11.6. The Morgan fingerprint density at radius 3 is 2.60 bits per heavy atom. The van der Waals surface area contributed by atoms with E-state index in [-0.39, 0.29) is 34.9 Å². The highest BCUT2D eigenvalue weighted by Crippen LogP contribution is 2.16. The van der Waals surface area contributed by atoms with Gasteiger partial charge in [0, 0.05) is 17.7 Å². The first kappa shape index (κ1) is 16.4. The van der Waals surface area contributed by atoms with Crippen molar-refractivity contribution in [3.8, 4) is 5.75 Å². The van der Waals surface area contributed by atoms with Crippen molar-refractivity contribution in [2.75, 3.05) is 6.61 Å². The molecule has 1 amide bonds. The molecular formula is C14H19FN2O2S. The lowest BCUT2D eigenvalue weighted by Gasteiger charge is -2.17. The lowest BCUT2D eigenvalue weighted by molar-refractivity contribution is -0.124. The number of rotatable bonds is 6. The Balaban J connectivity index is 2.56. The first-order valence-electron chi connectivity index (χ1n) is 6.32. The zero-order valence-corrected chi connectivity index (χ0v) is 12.6. The van der Waals surface area contributed by atoms with E-state index in [9.17, 15) is 9.18 Å². The number of nitrogens with two attached hydrogens (primary N) is 1. The Kier molecular flexibility index (Phi) is 5.88. The molecule has 1 aromatic rings. The van der Waals surface area contributed by atoms with Crippen molar-refractivity contribution >= 4 is 23.1 Å². The molecule has 1 unspecified atom stereocenters. The fourth-order valence-corrected chi connectivity index (χ4v) is 1.56. The van der Waals surface area contributed by atoms with Crippen LogP contribution in [0.2, 0.25) is 0 Å². The van der Waals surface area contributed by atoms with Crippen molar-refractivity contribution in [2.24, 2.45) is 11.7 Å². The number of benzene rings is 1. The largest absolute Gasteiger partial charge is 0.484 e. The molecule has 0 saturated heterocycles. The molecule has 1 aromatic carbocycles. The second-order valence-electron chi connectivity index (χ2n) is 4.89. The fraction of sp³-hybridized carbons (Fsp3) is 0.429. The number of ether oxygens (including phenoxy) is 1. The highest BCUT2D eigenvalue weighted by Gasteiger charge is 2.12. The molecule has 6 heteroatoms. The lowest BCUT2D eigenvalue weighted by atomic mass is 10.1. The van der Waals surface area contributed by atoms with E-state index in [4.69, 9.17) is 22.7 Å². The molecule has 0 aromatic heterocycles. The molecule has 0 radical (unpaired) electrons. The van der Waals surface area contributed by atoms with Crippen LogP contribution in [-0.4, -0.2) is 23.5 Å². The maximum absolute atomic E-state index is 13.6. The smallest absolute Gasteiger partial charge is 0.258 e. The van der Waals surface area contributed by atoms with Crippen LogP contribution < -0.4 is 15.8 Å². The first-order valence-corrected chi connectivity index (χ1v) is 6.73. The van der Waals surface area contributed by atoms with E-state index < -0.39 is 5.82 Å². The number of thiocarbonyl (C=S) groups is 1. The molecule has 0 saturated carbocycles. The van der Waals surface area contributed by atoms with E-state index in [1.807, 2.05) is 20.8 Å². The molecule has 0 aliphatic rings. The summed E-state index contributed by atoms with van der Waals surface area (Å²) in [5.41, 5.74) is 5.51. The van der Waals surface area contributed by atoms with Crippen molar-refractivity contribution < 1.29 is 13.9 Å². The van der Waals surface area contributed by atoms with E-state index in [1.54, 1.807) is 0 Å². The third-order valence-electron chi connectivity index (χ3n) is 2.96. The van der Waals surface area contributed by atoms with Gasteiger partial charge in [-0.3, -0.25) is 4.79 Å². The topological polar surface area (TPSA) is 64.3 Å². The van der Waals surface area contributed by atoms with Gasteiger partial charge in [-0.05, 0) is 25.0 Å². The number of hydrogen-bond donors (Lipinski definition) is 2. The Labute approximate surface area is 123 Å². The van der Waals surface area contributed by atoms with Crippen molar-refractivity contribution in [3.63, 3.8) is 0 Å². The summed E-state index contributed by atoms with van der Waals surface area (Å²) in [5.74, 6) is -0.216. The van der Waals surface area contributed by atoms with Crippen LogP contribution in [0, 0.1) is 11.7 Å². The molecule has 1 atom stereocenters. The van der Waals surface area contributed by atoms with Crippen molar-refractivity contribution in [1.82, 2.24) is 5.32 Å². The third-order valence-corrected chi connectivity index (χ3v) is 3.18. The van der Waals surface area contributed by atoms with Gasteiger partial charge in [0.25, 0.3) is 5.91 Å². The summed E-state index contributed by atoms with van der Waals surface area (Å²) < 4.78 is 18.8. The molecule has 110 valence electrons. The van der Waals surface area contributed by atoms with E-state index >= 15 is 0 Å². The van der Waals surface area contributed by atoms with Gasteiger partial charge in [-0.2, -0.15) is 0 Å². The standard InChI is InChI=1S/C14H19FN2O2S/c1-8(2)9(3)17-13(18)7-19-10-4-5-11(14(16)20)12(15)6-10/h4-6,8-9H,7H2,1-3H3,(H2,16,20)(H,17,18). The molecular weight excluding hydrogens is 279 g/mol. The Morgan fingerprint density at radius 1 is 1.45 bits per heavy atom. The van der Waals surface area contributed by atoms with Gasteiger partial charge >= 0.3 is 0 Å². The van der Waals surface area contributed by atoms with Crippen LogP contribution in [0.1, 0.15) is 26.3 Å². The van der Waals surface area contributed by atoms with Gasteiger partial charge in [0.15, 0.2) is 6.61 Å². The second kappa shape index (κ2) is 7.19. The number of nitrogens with one attached hydrogen (secondary N) is 1. The SMILES string of the molecule is CC(C)C(C)NC(=O)COc1ccc(C(N)=S)c(F)c1. The highest BCUT2D eigenvalue weighted by molar-refractivity contribution is 7.80. The van der Waals surface area contributed by atoms with Gasteiger partial charge in [-0.25, -0.2) is 4.39 Å². The lowest BCUT2D eigenvalue weighted by Crippen LogP contribution is -2.38. The highest BCUT2D eigenvalue weighted by atomic mass is 32.1. The Morgan fingerprint density at radius 2 is 2.10 bits per heavy atom. The number of halogens is 1. The average Bonchev–Trinajstić information content (AvgIpc) is 2.35. The summed E-state index contributed by atoms with van der Waals surface area (Å²) >= 11 is 4.70. The number of carbonyl (C=O) groups excluding carboxylic acids is 1. The van der Waals surface area contributed by atoms with Gasteiger partial charge in [0.1, 0.15) is 16.6 Å². The summed E-state index contributed by atoms with van der Waals surface area (Å²) in [5, 5.41) is 2.80. The maximum Gasteiger partial charge on any atom is 0.258 e. The average molecular weight is 298 g/mol. The second-order valence-corrected chi connectivity index (χ2v) is 5.33. The Bertz CT molecular complexity index is 506. The van der Waals surface area contributed by atoms with Gasteiger partial charge in [0.05, 0.1) is 0 Å². The minimum Gasteiger partial charge on any atom is -0.484 e. The summed E-state index contributed by atoms with van der Waals surface area (Å²) in [6, 6.07) is 4.17. The van der Waals surface area contributed by atoms with Crippen molar-refractivity contribution in [2.45, 2.75) is 26.8 Å². The van der Waals surface area contributed by atoms with Crippen LogP contribution in [0.15, 0.2) is 18.2 Å². The predicted octanol–water partition coefficient (Wildman–Crippen LogP) is 2.00. The predicted molar refractivity (Wildman–Crippen MR) is 80.2 cm³/mol. The van der Waals surface area contributed by atoms with Crippen molar-refractivity contribution in [1.29, 1.82) is 0 Å². The third kappa shape index (κ3) is 4.77. The van der Waals surface area contributed by atoms with E-state index in [1.165, 1.54) is 12.1 Å². The molecule has 3 N–H and O–H groups in total. The van der Waals surface area contributed by atoms with Crippen LogP contribution in [0.4, 0.5) is 4.39 Å². The quantitative estimate of drug-likeness (QED) is 0.789. The maximum atomic E-state index is 13.6. The van der Waals surface area contributed by atoms with Crippen molar-refractivity contribution in [3.05, 3.63) is 29.6 Å². The van der Waals surface area contributed by atoms with Crippen LogP contribution in [0.3, 0.4) is 0 Å². The molecule has 20 heavy (non-hydrogen) atoms. The van der Waals surface area contributed by atoms with Gasteiger partial charge in [-0.1, -0.05) is 26.1 Å². The molecule has 1 rings (SSSR count). The minimum absolute atomic E-state index is 0.0162. The number of amides is 1. The zero-order chi connectivity index (χ0) is 15.3. The van der Waals surface area contributed by atoms with Gasteiger partial charge in [0.2, 0.25) is 0 Å². The summed E-state index contributed by atoms with van der Waals surface area (Å²) in [6.45, 7) is 5.77. The van der Waals surface area contributed by atoms with E-state index in [0.29, 0.717) is 5.92 Å². The molecule has 4 nitrogen and oxygen atoms in total. The van der Waals surface area contributed by atoms with Crippen LogP contribution in [-0.2, 0) is 4.79 Å². The van der Waals surface area contributed by atoms with E-state index in [0.717, 1.165) is 6.07 Å². The Hall–Kier alpha value is -1.69. The number of hydrogen-bond acceptors (Lipinski definition) is 3. The summed E-state index contributed by atoms with van der Waals surface area (Å²) in [6.07, 6.45) is 0. The van der Waals surface area contributed by atoms with Crippen LogP contribution >= 0.6 is 12.2 Å². The normalized spacial score (nSPS) is 12.1. The monoisotopic (exact) mass is 298 g/mol. The molecule has 0 spiro atoms. The van der Waals surface area contributed by atoms with Crippen LogP contribution in [0.25, 0.3) is 0 Å². The molecule has 0 heterocycles. The zero-order valence-electron chi connectivity index (χ0n) is 11.8. The molecule has 0 aliphatic heterocycles. The van der Waals surface area contributed by atoms with Gasteiger partial charge < -0.3 is 15.8 Å². The molecule has 0 aliphatic carbocycles. The fourth-order valence-electron chi connectivity index (χ4n) is 1.40. The van der Waals surface area contributed by atoms with Crippen LogP contribution in [0.5, 0.6) is 5.75 Å². The first-order chi connectivity index (χ1) is 9.31. The summed E-state index contributed by atoms with van der Waals surface area (Å²) in [7, 11) is 0. The number of carbonyl (C=O) groups is 1. The van der Waals surface area contributed by atoms with Gasteiger partial charge in [-0.15, -0.1) is 0 Å². The molecule has 0 bridgehead atoms. The minimum atomic E-state index is -0.564. The molecule has 0 fully saturated rings.